The van der Waals surface area contributed by atoms with Gasteiger partial charge in [-0.15, -0.1) is 0 Å². The highest BCUT2D eigenvalue weighted by atomic mass is 16.5. The van der Waals surface area contributed by atoms with Gasteiger partial charge in [0.05, 0.1) is 13.2 Å². The maximum absolute atomic E-state index is 11.8. The number of rotatable bonds is 6. The summed E-state index contributed by atoms with van der Waals surface area (Å²) in [5, 5.41) is 4.00. The van der Waals surface area contributed by atoms with Crippen LogP contribution in [0.25, 0.3) is 0 Å². The first-order valence-corrected chi connectivity index (χ1v) is 8.50. The molecule has 0 spiro atoms. The molecule has 1 amide bonds. The van der Waals surface area contributed by atoms with Crippen LogP contribution in [0.4, 0.5) is 0 Å². The van der Waals surface area contributed by atoms with Crippen LogP contribution in [0.1, 0.15) is 44.3 Å². The van der Waals surface area contributed by atoms with Crippen LogP contribution in [0.3, 0.4) is 0 Å². The minimum Gasteiger partial charge on any atom is -0.384 e. The van der Waals surface area contributed by atoms with Crippen LogP contribution < -0.4 is 0 Å². The molecule has 128 valence electrons. The van der Waals surface area contributed by atoms with Crippen LogP contribution in [-0.4, -0.2) is 64.7 Å². The molecule has 1 aromatic rings. The zero-order valence-corrected chi connectivity index (χ0v) is 14.0. The lowest BCUT2D eigenvalue weighted by molar-refractivity contribution is -0.130. The summed E-state index contributed by atoms with van der Waals surface area (Å²) in [6.07, 6.45) is 5.18. The molecule has 7 heteroatoms. The molecule has 2 aliphatic rings. The summed E-state index contributed by atoms with van der Waals surface area (Å²) in [6.45, 7) is 4.88. The maximum atomic E-state index is 11.8. The summed E-state index contributed by atoms with van der Waals surface area (Å²) in [4.78, 5) is 20.7. The Labute approximate surface area is 137 Å². The molecule has 0 bridgehead atoms. The number of aromatic nitrogens is 2. The third kappa shape index (κ3) is 3.72. The number of methoxy groups -OCH3 is 1. The Hall–Kier alpha value is -1.47. The second kappa shape index (κ2) is 7.40. The Morgan fingerprint density at radius 2 is 2.09 bits per heavy atom. The summed E-state index contributed by atoms with van der Waals surface area (Å²) in [5.74, 6) is 1.55. The van der Waals surface area contributed by atoms with Gasteiger partial charge in [0.25, 0.3) is 0 Å². The first-order chi connectivity index (χ1) is 11.2. The summed E-state index contributed by atoms with van der Waals surface area (Å²) in [6, 6.07) is 0.751. The van der Waals surface area contributed by atoms with Crippen LogP contribution in [0, 0.1) is 0 Å². The molecule has 23 heavy (non-hydrogen) atoms. The van der Waals surface area contributed by atoms with Gasteiger partial charge >= 0.3 is 0 Å². The second-order valence-corrected chi connectivity index (χ2v) is 6.45. The van der Waals surface area contributed by atoms with E-state index in [1.54, 1.807) is 14.0 Å². The van der Waals surface area contributed by atoms with E-state index >= 15 is 0 Å². The molecule has 0 N–H and O–H groups in total. The van der Waals surface area contributed by atoms with Crippen molar-refractivity contribution >= 4 is 5.91 Å². The van der Waals surface area contributed by atoms with Crippen LogP contribution in [-0.2, 0) is 22.5 Å². The van der Waals surface area contributed by atoms with E-state index in [1.807, 2.05) is 4.90 Å². The Morgan fingerprint density at radius 1 is 1.30 bits per heavy atom. The van der Waals surface area contributed by atoms with E-state index in [0.717, 1.165) is 38.8 Å². The predicted molar refractivity (Wildman–Crippen MR) is 83.7 cm³/mol. The van der Waals surface area contributed by atoms with E-state index in [1.165, 1.54) is 0 Å². The number of hydrogen-bond donors (Lipinski definition) is 0. The predicted octanol–water partition coefficient (Wildman–Crippen LogP) is 1.23. The molecule has 0 radical (unpaired) electrons. The van der Waals surface area contributed by atoms with Crippen molar-refractivity contribution in [3.8, 4) is 0 Å². The van der Waals surface area contributed by atoms with Crippen molar-refractivity contribution < 1.29 is 14.1 Å². The van der Waals surface area contributed by atoms with Crippen LogP contribution in [0.2, 0.25) is 0 Å². The molecular weight excluding hydrogens is 296 g/mol. The normalized spacial score (nSPS) is 25.4. The molecule has 2 atom stereocenters. The highest BCUT2D eigenvalue weighted by Crippen LogP contribution is 2.30. The molecular formula is C16H26N4O3. The van der Waals surface area contributed by atoms with Crippen molar-refractivity contribution in [1.82, 2.24) is 19.9 Å². The fraction of sp³-hybridized carbons (Fsp3) is 0.812. The molecule has 2 aliphatic heterocycles. The summed E-state index contributed by atoms with van der Waals surface area (Å²) < 4.78 is 10.4. The zero-order chi connectivity index (χ0) is 16.2. The lowest BCUT2D eigenvalue weighted by Crippen LogP contribution is -2.47. The molecule has 0 aromatic carbocycles. The van der Waals surface area contributed by atoms with E-state index < -0.39 is 0 Å². The highest BCUT2D eigenvalue weighted by molar-refractivity contribution is 5.74. The van der Waals surface area contributed by atoms with Gasteiger partial charge in [-0.1, -0.05) is 5.16 Å². The first-order valence-electron chi connectivity index (χ1n) is 8.50. The van der Waals surface area contributed by atoms with Gasteiger partial charge in [0.15, 0.2) is 5.82 Å². The van der Waals surface area contributed by atoms with Gasteiger partial charge in [0.2, 0.25) is 11.8 Å². The van der Waals surface area contributed by atoms with Crippen molar-refractivity contribution in [3.05, 3.63) is 11.7 Å². The fourth-order valence-electron chi connectivity index (χ4n) is 3.89. The van der Waals surface area contributed by atoms with Gasteiger partial charge in [-0.05, 0) is 32.2 Å². The number of hydrogen-bond acceptors (Lipinski definition) is 6. The Bertz CT molecular complexity index is 533. The third-order valence-corrected chi connectivity index (χ3v) is 4.94. The molecule has 7 nitrogen and oxygen atoms in total. The molecule has 3 heterocycles. The van der Waals surface area contributed by atoms with Gasteiger partial charge in [-0.3, -0.25) is 9.69 Å². The molecule has 0 aliphatic carbocycles. The number of carbonyl (C=O) groups is 1. The van der Waals surface area contributed by atoms with Gasteiger partial charge < -0.3 is 14.2 Å². The zero-order valence-electron chi connectivity index (χ0n) is 14.0. The number of amides is 1. The fourth-order valence-corrected chi connectivity index (χ4v) is 3.89. The molecule has 2 unspecified atom stereocenters. The van der Waals surface area contributed by atoms with Crippen molar-refractivity contribution in [2.75, 3.05) is 26.8 Å². The van der Waals surface area contributed by atoms with E-state index in [2.05, 4.69) is 15.0 Å². The quantitative estimate of drug-likeness (QED) is 0.784. The number of likely N-dealkylation sites (tertiary alicyclic amines) is 2. The molecule has 0 saturated carbocycles. The van der Waals surface area contributed by atoms with Crippen molar-refractivity contribution in [3.63, 3.8) is 0 Å². The molecule has 3 rings (SSSR count). The number of ether oxygens (including phenoxy) is 1. The van der Waals surface area contributed by atoms with Crippen molar-refractivity contribution in [1.29, 1.82) is 0 Å². The number of nitrogens with zero attached hydrogens (tertiary/aromatic N) is 4. The van der Waals surface area contributed by atoms with E-state index in [-0.39, 0.29) is 5.91 Å². The van der Waals surface area contributed by atoms with Gasteiger partial charge in [0.1, 0.15) is 0 Å². The first kappa shape index (κ1) is 16.4. The van der Waals surface area contributed by atoms with Gasteiger partial charge in [-0.2, -0.15) is 4.98 Å². The Kier molecular flexibility index (Phi) is 5.27. The van der Waals surface area contributed by atoms with E-state index in [0.29, 0.717) is 43.4 Å². The molecule has 1 aromatic heterocycles. The smallest absolute Gasteiger partial charge is 0.240 e. The van der Waals surface area contributed by atoms with Gasteiger partial charge in [-0.25, -0.2) is 0 Å². The molecule has 2 saturated heterocycles. The van der Waals surface area contributed by atoms with Crippen molar-refractivity contribution in [2.45, 2.75) is 57.7 Å². The monoisotopic (exact) mass is 322 g/mol. The van der Waals surface area contributed by atoms with E-state index in [9.17, 15) is 4.79 Å². The standard InChI is InChI=1S/C16H26N4O3/c1-12(21)20-9-4-6-14(20)13-5-3-8-19(13)11-16-17-15(18-23-16)7-10-22-2/h13-14H,3-11H2,1-2H3. The van der Waals surface area contributed by atoms with Crippen LogP contribution in [0.15, 0.2) is 4.52 Å². The number of carbonyl (C=O) groups excluding carboxylic acids is 1. The van der Waals surface area contributed by atoms with Crippen LogP contribution in [0.5, 0.6) is 0 Å². The van der Waals surface area contributed by atoms with E-state index in [4.69, 9.17) is 9.26 Å². The largest absolute Gasteiger partial charge is 0.384 e. The lowest BCUT2D eigenvalue weighted by atomic mass is 10.0. The lowest BCUT2D eigenvalue weighted by Gasteiger charge is -2.33. The second-order valence-electron chi connectivity index (χ2n) is 6.45. The topological polar surface area (TPSA) is 71.7 Å². The summed E-state index contributed by atoms with van der Waals surface area (Å²) in [5.41, 5.74) is 0. The minimum atomic E-state index is 0.194. The summed E-state index contributed by atoms with van der Waals surface area (Å²) >= 11 is 0. The summed E-state index contributed by atoms with van der Waals surface area (Å²) in [7, 11) is 1.66. The van der Waals surface area contributed by atoms with Crippen LogP contribution >= 0.6 is 0 Å². The maximum Gasteiger partial charge on any atom is 0.240 e. The van der Waals surface area contributed by atoms with Crippen molar-refractivity contribution in [2.24, 2.45) is 0 Å². The minimum absolute atomic E-state index is 0.194. The SMILES string of the molecule is COCCc1noc(CN2CCCC2C2CCCN2C(C)=O)n1. The Balaban J connectivity index is 1.62. The average Bonchev–Trinajstić information content (AvgIpc) is 3.25. The molecule has 2 fully saturated rings. The third-order valence-electron chi connectivity index (χ3n) is 4.94. The van der Waals surface area contributed by atoms with Gasteiger partial charge in [0, 0.05) is 39.1 Å². The Morgan fingerprint density at radius 3 is 2.87 bits per heavy atom. The highest BCUT2D eigenvalue weighted by Gasteiger charge is 2.39. The average molecular weight is 322 g/mol.